The molecule has 1 aromatic rings. The van der Waals surface area contributed by atoms with Crippen molar-refractivity contribution >= 4 is 23.3 Å². The highest BCUT2D eigenvalue weighted by Crippen LogP contribution is 2.16. The normalized spacial score (nSPS) is 9.38. The average molecular weight is 200 g/mol. The van der Waals surface area contributed by atoms with Crippen LogP contribution in [-0.2, 0) is 0 Å². The summed E-state index contributed by atoms with van der Waals surface area (Å²) in [6.45, 7) is 2.41. The van der Waals surface area contributed by atoms with Crippen molar-refractivity contribution in [3.8, 4) is 0 Å². The molecule has 0 saturated heterocycles. The molecule has 2 amide bonds. The fraction of sp³-hybridized carbons (Fsp3) is 0.250. The zero-order chi connectivity index (χ0) is 9.68. The first-order chi connectivity index (χ1) is 6.24. The number of anilines is 1. The topological polar surface area (TPSA) is 54.0 Å². The molecule has 0 unspecified atom stereocenters. The predicted octanol–water partition coefficient (Wildman–Crippen LogP) is 1.88. The van der Waals surface area contributed by atoms with Crippen molar-refractivity contribution in [2.75, 3.05) is 11.9 Å². The van der Waals surface area contributed by atoms with Gasteiger partial charge in [-0.2, -0.15) is 0 Å². The van der Waals surface area contributed by atoms with Gasteiger partial charge in [-0.25, -0.2) is 9.78 Å². The maximum Gasteiger partial charge on any atom is 0.319 e. The number of carbonyl (C=O) groups is 1. The molecule has 1 heterocycles. The number of rotatable bonds is 2. The third-order valence-electron chi connectivity index (χ3n) is 1.34. The molecule has 0 spiro atoms. The number of halogens is 1. The maximum atomic E-state index is 11.1. The highest BCUT2D eigenvalue weighted by molar-refractivity contribution is 6.32. The van der Waals surface area contributed by atoms with E-state index in [1.807, 2.05) is 6.92 Å². The number of hydrogen-bond donors (Lipinski definition) is 2. The number of carbonyl (C=O) groups excluding carboxylic acids is 1. The first-order valence-corrected chi connectivity index (χ1v) is 4.27. The van der Waals surface area contributed by atoms with Crippen LogP contribution in [-0.4, -0.2) is 17.6 Å². The van der Waals surface area contributed by atoms with Crippen LogP contribution in [0.5, 0.6) is 0 Å². The molecule has 70 valence electrons. The number of nitrogens with one attached hydrogen (secondary N) is 2. The van der Waals surface area contributed by atoms with E-state index in [0.717, 1.165) is 0 Å². The molecular weight excluding hydrogens is 190 g/mol. The quantitative estimate of drug-likeness (QED) is 0.715. The van der Waals surface area contributed by atoms with Gasteiger partial charge in [0, 0.05) is 12.7 Å². The Balaban J connectivity index is 2.63. The monoisotopic (exact) mass is 199 g/mol. The Morgan fingerprint density at radius 2 is 2.46 bits per heavy atom. The zero-order valence-corrected chi connectivity index (χ0v) is 7.93. The van der Waals surface area contributed by atoms with E-state index in [-0.39, 0.29) is 11.2 Å². The van der Waals surface area contributed by atoms with Gasteiger partial charge >= 0.3 is 6.03 Å². The van der Waals surface area contributed by atoms with Crippen molar-refractivity contribution in [3.63, 3.8) is 0 Å². The molecule has 4 nitrogen and oxygen atoms in total. The molecule has 0 bridgehead atoms. The van der Waals surface area contributed by atoms with Crippen molar-refractivity contribution < 1.29 is 4.79 Å². The number of urea groups is 1. The van der Waals surface area contributed by atoms with Gasteiger partial charge in [0.15, 0.2) is 5.15 Å². The number of hydrogen-bond acceptors (Lipinski definition) is 2. The van der Waals surface area contributed by atoms with Gasteiger partial charge < -0.3 is 10.6 Å². The Labute approximate surface area is 81.3 Å². The highest BCUT2D eigenvalue weighted by atomic mass is 35.5. The lowest BCUT2D eigenvalue weighted by atomic mass is 10.4. The van der Waals surface area contributed by atoms with Crippen molar-refractivity contribution in [3.05, 3.63) is 23.5 Å². The molecule has 0 aromatic carbocycles. The fourth-order valence-corrected chi connectivity index (χ4v) is 0.973. The van der Waals surface area contributed by atoms with Crippen molar-refractivity contribution in [1.29, 1.82) is 0 Å². The first kappa shape index (κ1) is 9.80. The highest BCUT2D eigenvalue weighted by Gasteiger charge is 2.03. The second-order valence-electron chi connectivity index (χ2n) is 2.33. The van der Waals surface area contributed by atoms with Gasteiger partial charge in [0.05, 0.1) is 5.69 Å². The summed E-state index contributed by atoms with van der Waals surface area (Å²) < 4.78 is 0. The van der Waals surface area contributed by atoms with E-state index in [2.05, 4.69) is 15.6 Å². The molecule has 0 fully saturated rings. The van der Waals surface area contributed by atoms with Crippen LogP contribution in [0, 0.1) is 0 Å². The van der Waals surface area contributed by atoms with Crippen molar-refractivity contribution in [1.82, 2.24) is 10.3 Å². The molecule has 0 aliphatic rings. The Hall–Kier alpha value is -1.29. The molecule has 1 rings (SSSR count). The summed E-state index contributed by atoms with van der Waals surface area (Å²) in [7, 11) is 0. The van der Waals surface area contributed by atoms with E-state index in [0.29, 0.717) is 12.2 Å². The largest absolute Gasteiger partial charge is 0.338 e. The molecule has 0 saturated carbocycles. The second kappa shape index (κ2) is 4.67. The lowest BCUT2D eigenvalue weighted by molar-refractivity contribution is 0.252. The molecule has 1 aromatic heterocycles. The zero-order valence-electron chi connectivity index (χ0n) is 7.17. The molecule has 0 aliphatic heterocycles. The van der Waals surface area contributed by atoms with Crippen LogP contribution in [0.25, 0.3) is 0 Å². The summed E-state index contributed by atoms with van der Waals surface area (Å²) in [5, 5.41) is 5.44. The summed E-state index contributed by atoms with van der Waals surface area (Å²) in [6, 6.07) is 3.11. The molecule has 5 heteroatoms. The number of nitrogens with zero attached hydrogens (tertiary/aromatic N) is 1. The standard InChI is InChI=1S/C8H10ClN3O/c1-2-10-8(13)12-6-4-3-5-11-7(6)9/h3-5H,2H2,1H3,(H2,10,12,13). The minimum absolute atomic E-state index is 0.280. The van der Waals surface area contributed by atoms with Gasteiger partial charge in [-0.15, -0.1) is 0 Å². The Kier molecular flexibility index (Phi) is 3.52. The van der Waals surface area contributed by atoms with E-state index >= 15 is 0 Å². The summed E-state index contributed by atoms with van der Waals surface area (Å²) >= 11 is 5.71. The van der Waals surface area contributed by atoms with Gasteiger partial charge in [-0.1, -0.05) is 11.6 Å². The minimum Gasteiger partial charge on any atom is -0.338 e. The van der Waals surface area contributed by atoms with Gasteiger partial charge in [-0.3, -0.25) is 0 Å². The van der Waals surface area contributed by atoms with Gasteiger partial charge in [0.1, 0.15) is 0 Å². The third-order valence-corrected chi connectivity index (χ3v) is 1.65. The Morgan fingerprint density at radius 1 is 1.69 bits per heavy atom. The van der Waals surface area contributed by atoms with Crippen LogP contribution < -0.4 is 10.6 Å². The van der Waals surface area contributed by atoms with E-state index in [4.69, 9.17) is 11.6 Å². The molecule has 0 aliphatic carbocycles. The maximum absolute atomic E-state index is 11.1. The van der Waals surface area contributed by atoms with Crippen LogP contribution in [0.4, 0.5) is 10.5 Å². The summed E-state index contributed by atoms with van der Waals surface area (Å²) in [5.41, 5.74) is 0.509. The summed E-state index contributed by atoms with van der Waals surface area (Å²) in [6.07, 6.45) is 1.56. The molecule has 0 radical (unpaired) electrons. The van der Waals surface area contributed by atoms with Gasteiger partial charge in [-0.05, 0) is 19.1 Å². The van der Waals surface area contributed by atoms with Crippen molar-refractivity contribution in [2.24, 2.45) is 0 Å². The average Bonchev–Trinajstić information content (AvgIpc) is 2.09. The second-order valence-corrected chi connectivity index (χ2v) is 2.68. The van der Waals surface area contributed by atoms with E-state index in [1.165, 1.54) is 0 Å². The lowest BCUT2D eigenvalue weighted by Crippen LogP contribution is -2.28. The number of amides is 2. The third kappa shape index (κ3) is 2.91. The molecule has 13 heavy (non-hydrogen) atoms. The predicted molar refractivity (Wildman–Crippen MR) is 51.9 cm³/mol. The van der Waals surface area contributed by atoms with Crippen LogP contribution in [0.15, 0.2) is 18.3 Å². The van der Waals surface area contributed by atoms with E-state index < -0.39 is 0 Å². The molecular formula is C8H10ClN3O. The molecule has 0 atom stereocenters. The molecule has 2 N–H and O–H groups in total. The minimum atomic E-state index is -0.280. The smallest absolute Gasteiger partial charge is 0.319 e. The van der Waals surface area contributed by atoms with E-state index in [9.17, 15) is 4.79 Å². The van der Waals surface area contributed by atoms with Gasteiger partial charge in [0.2, 0.25) is 0 Å². The van der Waals surface area contributed by atoms with E-state index in [1.54, 1.807) is 18.3 Å². The summed E-state index contributed by atoms with van der Waals surface area (Å²) in [4.78, 5) is 14.9. The first-order valence-electron chi connectivity index (χ1n) is 3.89. The van der Waals surface area contributed by atoms with Crippen LogP contribution in [0.2, 0.25) is 5.15 Å². The number of aromatic nitrogens is 1. The Morgan fingerprint density at radius 3 is 3.08 bits per heavy atom. The summed E-state index contributed by atoms with van der Waals surface area (Å²) in [5.74, 6) is 0. The van der Waals surface area contributed by atoms with Gasteiger partial charge in [0.25, 0.3) is 0 Å². The van der Waals surface area contributed by atoms with Crippen molar-refractivity contribution in [2.45, 2.75) is 6.92 Å². The van der Waals surface area contributed by atoms with Crippen LogP contribution in [0.3, 0.4) is 0 Å². The van der Waals surface area contributed by atoms with Crippen LogP contribution >= 0.6 is 11.6 Å². The van der Waals surface area contributed by atoms with Crippen LogP contribution in [0.1, 0.15) is 6.92 Å². The lowest BCUT2D eigenvalue weighted by Gasteiger charge is -2.05. The number of pyridine rings is 1. The fourth-order valence-electron chi connectivity index (χ4n) is 0.806. The Bertz CT molecular complexity index is 303. The SMILES string of the molecule is CCNC(=O)Nc1cccnc1Cl.